The van der Waals surface area contributed by atoms with Gasteiger partial charge in [0.2, 0.25) is 6.10 Å². The molecular formula is C51H58N2O15. The highest BCUT2D eigenvalue weighted by molar-refractivity contribution is 5.96. The van der Waals surface area contributed by atoms with Gasteiger partial charge in [0.15, 0.2) is 17.5 Å². The number of carbonyl (C=O) groups is 7. The summed E-state index contributed by atoms with van der Waals surface area (Å²) in [6.07, 6.45) is -10.6. The Hall–Kier alpha value is -6.27. The minimum Gasteiger partial charge on any atom is -0.455 e. The molecule has 1 saturated heterocycles. The lowest BCUT2D eigenvalue weighted by Crippen LogP contribution is -2.82. The molecule has 1 heterocycles. The van der Waals surface area contributed by atoms with Gasteiger partial charge in [0, 0.05) is 37.7 Å². The average molecular weight is 939 g/mol. The summed E-state index contributed by atoms with van der Waals surface area (Å²) in [5, 5.41) is 28.9. The predicted octanol–water partition coefficient (Wildman–Crippen LogP) is 3.85. The van der Waals surface area contributed by atoms with E-state index in [1.54, 1.807) is 107 Å². The van der Waals surface area contributed by atoms with Crippen molar-refractivity contribution in [3.63, 3.8) is 0 Å². The van der Waals surface area contributed by atoms with Gasteiger partial charge in [-0.1, -0.05) is 80.6 Å². The first-order valence-corrected chi connectivity index (χ1v) is 22.4. The highest BCUT2D eigenvalue weighted by Crippen LogP contribution is 2.64. The first-order valence-electron chi connectivity index (χ1n) is 22.4. The zero-order valence-electron chi connectivity index (χ0n) is 39.3. The molecule has 68 heavy (non-hydrogen) atoms. The van der Waals surface area contributed by atoms with Gasteiger partial charge in [0.25, 0.3) is 5.91 Å². The number of fused-ring (bicyclic) bond motifs is 5. The third kappa shape index (κ3) is 8.83. The second-order valence-corrected chi connectivity index (χ2v) is 19.1. The Kier molecular flexibility index (Phi) is 13.9. The Morgan fingerprint density at radius 2 is 1.43 bits per heavy atom. The number of amides is 1. The van der Waals surface area contributed by atoms with Crippen LogP contribution in [0.3, 0.4) is 0 Å². The van der Waals surface area contributed by atoms with E-state index in [1.165, 1.54) is 30.9 Å². The molecule has 3 aliphatic carbocycles. The molecule has 0 spiro atoms. The summed E-state index contributed by atoms with van der Waals surface area (Å²) < 4.78 is 36.7. The zero-order valence-corrected chi connectivity index (χ0v) is 39.3. The number of nitrogens with zero attached hydrogens (tertiary/aromatic N) is 1. The van der Waals surface area contributed by atoms with E-state index in [9.17, 15) is 34.2 Å². The number of carbonyl (C=O) groups excluding carboxylic acids is 7. The van der Waals surface area contributed by atoms with Crippen LogP contribution in [-0.2, 0) is 52.4 Å². The van der Waals surface area contributed by atoms with E-state index in [0.29, 0.717) is 5.56 Å². The SMILES string of the molecule is CC(=O)OC1C(=O)C2(C)C(O)CC3OCC3(OC(C)=O)C2C(OC(=O)c2ccccc2)C2(O)CC(OC(=O)C(OC(=O)CN(C)C)C(NC(=O)c3ccccc3)c3ccccc3)C(C)=C1C2(C)C. The molecule has 0 aromatic heterocycles. The van der Waals surface area contributed by atoms with Crippen molar-refractivity contribution in [2.45, 2.75) is 108 Å². The van der Waals surface area contributed by atoms with Gasteiger partial charge < -0.3 is 44.0 Å². The molecule has 11 unspecified atom stereocenters. The molecule has 362 valence electrons. The number of hydrogen-bond acceptors (Lipinski definition) is 16. The average Bonchev–Trinajstić information content (AvgIpc) is 3.28. The van der Waals surface area contributed by atoms with Crippen molar-refractivity contribution in [1.29, 1.82) is 0 Å². The zero-order chi connectivity index (χ0) is 49.5. The minimum atomic E-state index is -2.44. The highest BCUT2D eigenvalue weighted by atomic mass is 16.6. The second kappa shape index (κ2) is 19.0. The smallest absolute Gasteiger partial charge is 0.350 e. The number of ketones is 1. The molecule has 3 N–H and O–H groups in total. The number of ether oxygens (including phenoxy) is 6. The number of likely N-dealkylation sites (N-methyl/N-ethyl adjacent to an activating group) is 1. The molecule has 11 atom stereocenters. The van der Waals surface area contributed by atoms with Crippen LogP contribution in [0.25, 0.3) is 0 Å². The van der Waals surface area contributed by atoms with Gasteiger partial charge in [0.1, 0.15) is 30.0 Å². The first-order chi connectivity index (χ1) is 32.1. The number of aliphatic hydroxyl groups is 2. The monoisotopic (exact) mass is 938 g/mol. The normalized spacial score (nSPS) is 30.1. The lowest BCUT2D eigenvalue weighted by Gasteiger charge is -2.67. The molecule has 3 fully saturated rings. The van der Waals surface area contributed by atoms with Crippen LogP contribution in [0, 0.1) is 16.7 Å². The lowest BCUT2D eigenvalue weighted by molar-refractivity contribution is -0.346. The van der Waals surface area contributed by atoms with E-state index in [0.717, 1.165) is 13.8 Å². The number of hydrogen-bond donors (Lipinski definition) is 3. The van der Waals surface area contributed by atoms with Crippen molar-refractivity contribution in [3.8, 4) is 0 Å². The largest absolute Gasteiger partial charge is 0.455 e. The molecule has 1 amide bonds. The standard InChI is InChI=1S/C51H58N2O15/c1-28-34(65-47(61)41(66-37(57)26-53(7)8)39(31-18-12-9-13-19-31)52-45(59)32-20-14-10-15-21-32)25-51(62)44(67-46(60)33-22-16-11-17-23-33)42-49(6,35(56)24-36-50(42,27-63-36)68-30(3)55)43(58)40(64-29(2)54)38(28)48(51,4)5/h9-23,34-36,39-42,44,56,62H,24-27H2,1-8H3,(H,52,59). The molecule has 17 heteroatoms. The molecular weight excluding hydrogens is 881 g/mol. The lowest BCUT2D eigenvalue weighted by atomic mass is 9.44. The summed E-state index contributed by atoms with van der Waals surface area (Å²) in [7, 11) is 3.24. The Bertz CT molecular complexity index is 2480. The van der Waals surface area contributed by atoms with Crippen molar-refractivity contribution in [3.05, 3.63) is 119 Å². The topological polar surface area (TPSA) is 231 Å². The summed E-state index contributed by atoms with van der Waals surface area (Å²) in [6.45, 7) is 7.66. The molecule has 17 nitrogen and oxygen atoms in total. The fourth-order valence-electron chi connectivity index (χ4n) is 10.7. The van der Waals surface area contributed by atoms with Gasteiger partial charge in [-0.3, -0.25) is 28.9 Å². The van der Waals surface area contributed by atoms with Crippen molar-refractivity contribution < 1.29 is 72.2 Å². The molecule has 7 rings (SSSR count). The highest BCUT2D eigenvalue weighted by Gasteiger charge is 2.78. The van der Waals surface area contributed by atoms with E-state index in [2.05, 4.69) is 5.32 Å². The minimum absolute atomic E-state index is 0.0245. The third-order valence-corrected chi connectivity index (χ3v) is 14.2. The van der Waals surface area contributed by atoms with E-state index in [-0.39, 0.29) is 41.8 Å². The van der Waals surface area contributed by atoms with Crippen LogP contribution in [0.15, 0.2) is 102 Å². The Balaban J connectivity index is 1.43. The predicted molar refractivity (Wildman–Crippen MR) is 240 cm³/mol. The number of nitrogens with one attached hydrogen (secondary N) is 1. The molecule has 1 aliphatic heterocycles. The van der Waals surface area contributed by atoms with Gasteiger partial charge in [-0.25, -0.2) is 9.59 Å². The summed E-state index contributed by atoms with van der Waals surface area (Å²) in [5.74, 6) is -7.76. The Morgan fingerprint density at radius 3 is 1.97 bits per heavy atom. The maximum Gasteiger partial charge on any atom is 0.350 e. The van der Waals surface area contributed by atoms with E-state index in [1.807, 2.05) is 0 Å². The maximum atomic E-state index is 15.7. The van der Waals surface area contributed by atoms with E-state index >= 15 is 9.59 Å². The summed E-state index contributed by atoms with van der Waals surface area (Å²) >= 11 is 0. The molecule has 3 aromatic carbocycles. The summed E-state index contributed by atoms with van der Waals surface area (Å²) in [5.41, 5.74) is -7.26. The van der Waals surface area contributed by atoms with Crippen LogP contribution in [0.1, 0.15) is 86.7 Å². The Morgan fingerprint density at radius 1 is 0.838 bits per heavy atom. The summed E-state index contributed by atoms with van der Waals surface area (Å²) in [4.78, 5) is 100. The molecule has 4 aliphatic rings. The summed E-state index contributed by atoms with van der Waals surface area (Å²) in [6, 6.07) is 22.9. The van der Waals surface area contributed by atoms with Gasteiger partial charge in [0.05, 0.1) is 36.2 Å². The number of esters is 5. The van der Waals surface area contributed by atoms with Gasteiger partial charge >= 0.3 is 29.8 Å². The van der Waals surface area contributed by atoms with Crippen LogP contribution in [0.5, 0.6) is 0 Å². The number of Topliss-reactive ketones (excluding diaryl/α,β-unsaturated/α-hetero) is 1. The Labute approximate surface area is 394 Å². The van der Waals surface area contributed by atoms with Crippen LogP contribution in [-0.4, -0.2) is 132 Å². The first kappa shape index (κ1) is 49.6. The number of benzene rings is 3. The van der Waals surface area contributed by atoms with Gasteiger partial charge in [-0.05, 0) is 68.9 Å². The van der Waals surface area contributed by atoms with Gasteiger partial charge in [-0.2, -0.15) is 0 Å². The van der Waals surface area contributed by atoms with E-state index in [4.69, 9.17) is 28.4 Å². The second-order valence-electron chi connectivity index (χ2n) is 19.1. The van der Waals surface area contributed by atoms with E-state index < -0.39 is 119 Å². The molecule has 3 aromatic rings. The van der Waals surface area contributed by atoms with Crippen LogP contribution in [0.4, 0.5) is 0 Å². The van der Waals surface area contributed by atoms with Crippen LogP contribution >= 0.6 is 0 Å². The molecule has 0 radical (unpaired) electrons. The quantitative estimate of drug-likeness (QED) is 0.126. The fraction of sp³-hybridized carbons (Fsp3) is 0.471. The number of rotatable bonds is 13. The van der Waals surface area contributed by atoms with Crippen LogP contribution in [0.2, 0.25) is 0 Å². The number of aliphatic hydroxyl groups excluding tert-OH is 1. The van der Waals surface area contributed by atoms with Crippen molar-refractivity contribution in [2.75, 3.05) is 27.2 Å². The molecule has 2 bridgehead atoms. The van der Waals surface area contributed by atoms with Crippen molar-refractivity contribution in [2.24, 2.45) is 16.7 Å². The maximum absolute atomic E-state index is 15.7. The fourth-order valence-corrected chi connectivity index (χ4v) is 10.7. The van der Waals surface area contributed by atoms with Crippen LogP contribution < -0.4 is 5.32 Å². The van der Waals surface area contributed by atoms with Crippen molar-refractivity contribution >= 4 is 41.5 Å². The molecule has 2 saturated carbocycles. The van der Waals surface area contributed by atoms with Crippen molar-refractivity contribution in [1.82, 2.24) is 10.2 Å². The third-order valence-electron chi connectivity index (χ3n) is 14.2. The van der Waals surface area contributed by atoms with Gasteiger partial charge in [-0.15, -0.1) is 0 Å².